The van der Waals surface area contributed by atoms with Crippen LogP contribution in [0.15, 0.2) is 41.5 Å². The van der Waals surface area contributed by atoms with Crippen molar-refractivity contribution >= 4 is 11.0 Å². The maximum atomic E-state index is 13.2. The minimum absolute atomic E-state index is 0.00854. The van der Waals surface area contributed by atoms with Crippen molar-refractivity contribution in [3.8, 4) is 11.8 Å². The van der Waals surface area contributed by atoms with Gasteiger partial charge in [-0.2, -0.15) is 18.4 Å². The summed E-state index contributed by atoms with van der Waals surface area (Å²) >= 11 is 0. The fourth-order valence-corrected chi connectivity index (χ4v) is 3.86. The molecule has 0 radical (unpaired) electrons. The van der Waals surface area contributed by atoms with Gasteiger partial charge in [-0.1, -0.05) is 0 Å². The van der Waals surface area contributed by atoms with E-state index in [1.165, 1.54) is 23.0 Å². The third-order valence-electron chi connectivity index (χ3n) is 5.39. The van der Waals surface area contributed by atoms with E-state index >= 15 is 0 Å². The molecule has 3 aromatic heterocycles. The molecule has 1 saturated carbocycles. The smallest absolute Gasteiger partial charge is 0.266 e. The van der Waals surface area contributed by atoms with Crippen LogP contribution in [0, 0.1) is 17.2 Å². The Kier molecular flexibility index (Phi) is 4.78. The zero-order chi connectivity index (χ0) is 20.6. The van der Waals surface area contributed by atoms with Gasteiger partial charge in [0.15, 0.2) is 17.8 Å². The van der Waals surface area contributed by atoms with Gasteiger partial charge in [0, 0.05) is 18.2 Å². The SMILES string of the molecule is N#Cc1ccc(-n2c(C3CCC(C(F)(F)F)CC3)nc3cccnc3c2=O)c[nH+]1. The number of aromatic nitrogens is 4. The topological polar surface area (TPSA) is 85.7 Å². The van der Waals surface area contributed by atoms with E-state index in [9.17, 15) is 18.0 Å². The Morgan fingerprint density at radius 3 is 2.55 bits per heavy atom. The molecule has 0 aromatic carbocycles. The van der Waals surface area contributed by atoms with Crippen molar-refractivity contribution in [1.29, 1.82) is 5.26 Å². The van der Waals surface area contributed by atoms with Crippen LogP contribution in [0.4, 0.5) is 13.2 Å². The first-order valence-corrected chi connectivity index (χ1v) is 9.25. The third kappa shape index (κ3) is 3.58. The predicted molar refractivity (Wildman–Crippen MR) is 97.2 cm³/mol. The third-order valence-corrected chi connectivity index (χ3v) is 5.39. The summed E-state index contributed by atoms with van der Waals surface area (Å²) in [6.07, 6.45) is -0.586. The molecule has 9 heteroatoms. The molecular weight excluding hydrogens is 383 g/mol. The molecule has 29 heavy (non-hydrogen) atoms. The summed E-state index contributed by atoms with van der Waals surface area (Å²) in [7, 11) is 0. The van der Waals surface area contributed by atoms with Crippen LogP contribution < -0.4 is 10.5 Å². The average molecular weight is 400 g/mol. The van der Waals surface area contributed by atoms with Crippen molar-refractivity contribution in [1.82, 2.24) is 14.5 Å². The fourth-order valence-electron chi connectivity index (χ4n) is 3.86. The molecule has 1 fully saturated rings. The number of halogens is 3. The number of pyridine rings is 2. The molecule has 148 valence electrons. The highest BCUT2D eigenvalue weighted by atomic mass is 19.4. The Bertz CT molecular complexity index is 1140. The van der Waals surface area contributed by atoms with Gasteiger partial charge in [-0.3, -0.25) is 9.36 Å². The number of nitrogens with one attached hydrogen (secondary N) is 1. The highest BCUT2D eigenvalue weighted by molar-refractivity contribution is 5.73. The Labute approximate surface area is 163 Å². The van der Waals surface area contributed by atoms with Gasteiger partial charge in [0.2, 0.25) is 0 Å². The summed E-state index contributed by atoms with van der Waals surface area (Å²) in [5.41, 5.74) is 0.994. The summed E-state index contributed by atoms with van der Waals surface area (Å²) < 4.78 is 40.5. The molecule has 4 rings (SSSR count). The fraction of sp³-hybridized carbons (Fsp3) is 0.350. The molecule has 0 atom stereocenters. The predicted octanol–water partition coefficient (Wildman–Crippen LogP) is 3.30. The number of nitrogens with zero attached hydrogens (tertiary/aromatic N) is 4. The van der Waals surface area contributed by atoms with Crippen molar-refractivity contribution in [2.24, 2.45) is 5.92 Å². The number of H-pyrrole nitrogens is 1. The normalized spacial score (nSPS) is 19.8. The number of alkyl halides is 3. The van der Waals surface area contributed by atoms with Gasteiger partial charge in [0.25, 0.3) is 11.3 Å². The molecular formula is C20H17F3N5O+. The summed E-state index contributed by atoms with van der Waals surface area (Å²) in [5, 5.41) is 8.98. The number of fused-ring (bicyclic) bond motifs is 1. The molecule has 0 amide bonds. The molecule has 6 nitrogen and oxygen atoms in total. The maximum Gasteiger partial charge on any atom is 0.391 e. The van der Waals surface area contributed by atoms with E-state index in [1.807, 2.05) is 6.07 Å². The lowest BCUT2D eigenvalue weighted by Crippen LogP contribution is -2.31. The van der Waals surface area contributed by atoms with Gasteiger partial charge in [-0.05, 0) is 43.9 Å². The highest BCUT2D eigenvalue weighted by Gasteiger charge is 2.42. The second kappa shape index (κ2) is 7.28. The van der Waals surface area contributed by atoms with Crippen LogP contribution in [0.1, 0.15) is 43.1 Å². The Morgan fingerprint density at radius 2 is 1.93 bits per heavy atom. The molecule has 0 aliphatic heterocycles. The molecule has 0 saturated heterocycles. The van der Waals surface area contributed by atoms with E-state index < -0.39 is 12.1 Å². The first kappa shape index (κ1) is 19.1. The molecule has 1 aliphatic carbocycles. The van der Waals surface area contributed by atoms with Crippen molar-refractivity contribution in [2.75, 3.05) is 0 Å². The second-order valence-electron chi connectivity index (χ2n) is 7.14. The lowest BCUT2D eigenvalue weighted by molar-refractivity contribution is -0.381. The van der Waals surface area contributed by atoms with E-state index in [0.29, 0.717) is 35.6 Å². The standard InChI is InChI=1S/C20H16F3N5O/c21-20(22,23)13-5-3-12(4-6-13)18-27-16-2-1-9-25-17(16)19(29)28(18)15-8-7-14(10-24)26-11-15/h1-2,7-9,11-13H,3-6H2/p+1. The Morgan fingerprint density at radius 1 is 1.17 bits per heavy atom. The summed E-state index contributed by atoms with van der Waals surface area (Å²) in [4.78, 5) is 24.7. The van der Waals surface area contributed by atoms with Crippen molar-refractivity contribution in [3.05, 3.63) is 58.5 Å². The van der Waals surface area contributed by atoms with Gasteiger partial charge >= 0.3 is 6.18 Å². The molecule has 1 aliphatic rings. The number of hydrogen-bond acceptors (Lipinski definition) is 4. The molecule has 0 spiro atoms. The zero-order valence-corrected chi connectivity index (χ0v) is 15.3. The quantitative estimate of drug-likeness (QED) is 0.661. The largest absolute Gasteiger partial charge is 0.391 e. The van der Waals surface area contributed by atoms with E-state index in [2.05, 4.69) is 15.0 Å². The van der Waals surface area contributed by atoms with E-state index in [4.69, 9.17) is 5.26 Å². The zero-order valence-electron chi connectivity index (χ0n) is 15.3. The average Bonchev–Trinajstić information content (AvgIpc) is 2.73. The van der Waals surface area contributed by atoms with Crippen LogP contribution >= 0.6 is 0 Å². The molecule has 0 bridgehead atoms. The lowest BCUT2D eigenvalue weighted by atomic mass is 9.81. The summed E-state index contributed by atoms with van der Waals surface area (Å²) in [6, 6.07) is 8.45. The second-order valence-corrected chi connectivity index (χ2v) is 7.14. The Hall–Kier alpha value is -3.28. The molecule has 0 unspecified atom stereocenters. The summed E-state index contributed by atoms with van der Waals surface area (Å²) in [6.45, 7) is 0. The maximum absolute atomic E-state index is 13.2. The Balaban J connectivity index is 1.82. The highest BCUT2D eigenvalue weighted by Crippen LogP contribution is 2.42. The van der Waals surface area contributed by atoms with Crippen molar-refractivity contribution in [3.63, 3.8) is 0 Å². The monoisotopic (exact) mass is 400 g/mol. The first-order chi connectivity index (χ1) is 13.9. The van der Waals surface area contributed by atoms with Crippen LogP contribution in [0.5, 0.6) is 0 Å². The lowest BCUT2D eigenvalue weighted by Gasteiger charge is -2.30. The van der Waals surface area contributed by atoms with Crippen LogP contribution in [-0.2, 0) is 0 Å². The molecule has 3 heterocycles. The van der Waals surface area contributed by atoms with E-state index in [0.717, 1.165) is 0 Å². The van der Waals surface area contributed by atoms with Crippen molar-refractivity contribution in [2.45, 2.75) is 37.8 Å². The first-order valence-electron chi connectivity index (χ1n) is 9.25. The van der Waals surface area contributed by atoms with Crippen molar-refractivity contribution < 1.29 is 18.2 Å². The van der Waals surface area contributed by atoms with Gasteiger partial charge in [0.1, 0.15) is 11.5 Å². The van der Waals surface area contributed by atoms with Gasteiger partial charge in [-0.25, -0.2) is 15.0 Å². The minimum atomic E-state index is -4.20. The van der Waals surface area contributed by atoms with Gasteiger partial charge in [0.05, 0.1) is 11.4 Å². The van der Waals surface area contributed by atoms with Crippen LogP contribution in [0.2, 0.25) is 0 Å². The van der Waals surface area contributed by atoms with Crippen LogP contribution in [0.25, 0.3) is 16.7 Å². The van der Waals surface area contributed by atoms with Crippen LogP contribution in [0.3, 0.4) is 0 Å². The van der Waals surface area contributed by atoms with Gasteiger partial charge in [-0.15, -0.1) is 0 Å². The molecule has 3 aromatic rings. The van der Waals surface area contributed by atoms with E-state index in [-0.39, 0.29) is 29.8 Å². The number of hydrogen-bond donors (Lipinski definition) is 0. The number of aromatic amines is 1. The van der Waals surface area contributed by atoms with E-state index in [1.54, 1.807) is 18.2 Å². The summed E-state index contributed by atoms with van der Waals surface area (Å²) in [5.74, 6) is -1.17. The van der Waals surface area contributed by atoms with Gasteiger partial charge < -0.3 is 0 Å². The molecule has 1 N–H and O–H groups in total. The minimum Gasteiger partial charge on any atom is -0.266 e. The number of rotatable bonds is 2. The number of nitriles is 1. The van der Waals surface area contributed by atoms with Crippen LogP contribution in [-0.4, -0.2) is 20.7 Å².